The molecule has 78 valence electrons. The van der Waals surface area contributed by atoms with Crippen molar-refractivity contribution in [3.63, 3.8) is 0 Å². The predicted molar refractivity (Wildman–Crippen MR) is 57.2 cm³/mol. The van der Waals surface area contributed by atoms with Crippen LogP contribution >= 0.6 is 11.3 Å². The van der Waals surface area contributed by atoms with Gasteiger partial charge in [0, 0.05) is 17.8 Å². The smallest absolute Gasteiger partial charge is 0.309 e. The molecule has 0 aliphatic rings. The molecule has 4 heteroatoms. The summed E-state index contributed by atoms with van der Waals surface area (Å²) in [7, 11) is 0. The fourth-order valence-corrected chi connectivity index (χ4v) is 1.64. The van der Waals surface area contributed by atoms with E-state index in [2.05, 4.69) is 0 Å². The van der Waals surface area contributed by atoms with Gasteiger partial charge in [0.05, 0.1) is 12.5 Å². The average Bonchev–Trinajstić information content (AvgIpc) is 2.69. The Labute approximate surface area is 87.9 Å². The Balaban J connectivity index is 2.18. The van der Waals surface area contributed by atoms with Crippen LogP contribution in [0, 0.1) is 5.92 Å². The summed E-state index contributed by atoms with van der Waals surface area (Å²) in [5.41, 5.74) is 5.34. The molecule has 0 fully saturated rings. The van der Waals surface area contributed by atoms with Crippen LogP contribution in [-0.2, 0) is 16.0 Å². The van der Waals surface area contributed by atoms with Crippen molar-refractivity contribution in [1.29, 1.82) is 0 Å². The molecule has 3 nitrogen and oxygen atoms in total. The van der Waals surface area contributed by atoms with E-state index in [0.29, 0.717) is 13.2 Å². The third kappa shape index (κ3) is 3.47. The lowest BCUT2D eigenvalue weighted by atomic mass is 10.2. The van der Waals surface area contributed by atoms with Crippen molar-refractivity contribution in [2.24, 2.45) is 11.7 Å². The zero-order chi connectivity index (χ0) is 10.4. The van der Waals surface area contributed by atoms with E-state index < -0.39 is 0 Å². The molecule has 1 unspecified atom stereocenters. The van der Waals surface area contributed by atoms with E-state index in [4.69, 9.17) is 10.5 Å². The molecule has 0 aliphatic heterocycles. The van der Waals surface area contributed by atoms with Crippen molar-refractivity contribution in [2.45, 2.75) is 13.3 Å². The Kier molecular flexibility index (Phi) is 4.62. The summed E-state index contributed by atoms with van der Waals surface area (Å²) in [6.45, 7) is 2.56. The number of ether oxygens (including phenoxy) is 1. The van der Waals surface area contributed by atoms with Gasteiger partial charge in [0.2, 0.25) is 0 Å². The molecule has 0 amide bonds. The van der Waals surface area contributed by atoms with Gasteiger partial charge >= 0.3 is 5.97 Å². The summed E-state index contributed by atoms with van der Waals surface area (Å²) < 4.78 is 5.06. The Hall–Kier alpha value is -0.870. The van der Waals surface area contributed by atoms with E-state index in [1.54, 1.807) is 18.3 Å². The van der Waals surface area contributed by atoms with E-state index in [-0.39, 0.29) is 11.9 Å². The molecule has 0 aliphatic carbocycles. The molecule has 1 heterocycles. The van der Waals surface area contributed by atoms with Crippen LogP contribution in [-0.4, -0.2) is 19.1 Å². The first-order valence-electron chi connectivity index (χ1n) is 4.63. The molecule has 2 N–H and O–H groups in total. The standard InChI is InChI=1S/C10H15NO2S/c1-8(7-11)10(12)13-5-4-9-3-2-6-14-9/h2-3,6,8H,4-5,7,11H2,1H3. The number of carbonyl (C=O) groups excluding carboxylic acids is 1. The molecule has 1 aromatic heterocycles. The molecule has 1 rings (SSSR count). The lowest BCUT2D eigenvalue weighted by Gasteiger charge is -2.08. The quantitative estimate of drug-likeness (QED) is 0.753. The van der Waals surface area contributed by atoms with E-state index in [9.17, 15) is 4.79 Å². The highest BCUT2D eigenvalue weighted by Crippen LogP contribution is 2.09. The molecule has 1 aromatic rings. The number of hydrogen-bond donors (Lipinski definition) is 1. The third-order valence-corrected chi connectivity index (χ3v) is 2.86. The second-order valence-electron chi connectivity index (χ2n) is 3.13. The molecule has 0 spiro atoms. The van der Waals surface area contributed by atoms with Crippen molar-refractivity contribution < 1.29 is 9.53 Å². The Morgan fingerprint density at radius 3 is 3.07 bits per heavy atom. The number of esters is 1. The second-order valence-corrected chi connectivity index (χ2v) is 4.17. The highest BCUT2D eigenvalue weighted by Gasteiger charge is 2.11. The van der Waals surface area contributed by atoms with Gasteiger partial charge in [-0.15, -0.1) is 11.3 Å². The fraction of sp³-hybridized carbons (Fsp3) is 0.500. The van der Waals surface area contributed by atoms with Gasteiger partial charge in [-0.1, -0.05) is 13.0 Å². The van der Waals surface area contributed by atoms with E-state index in [1.807, 2.05) is 17.5 Å². The Morgan fingerprint density at radius 1 is 1.71 bits per heavy atom. The normalized spacial score (nSPS) is 12.4. The van der Waals surface area contributed by atoms with Crippen LogP contribution in [0.3, 0.4) is 0 Å². The first-order valence-corrected chi connectivity index (χ1v) is 5.51. The topological polar surface area (TPSA) is 52.3 Å². The van der Waals surface area contributed by atoms with Crippen molar-refractivity contribution in [2.75, 3.05) is 13.2 Å². The molecular weight excluding hydrogens is 198 g/mol. The van der Waals surface area contributed by atoms with Gasteiger partial charge in [0.15, 0.2) is 0 Å². The summed E-state index contributed by atoms with van der Waals surface area (Å²) in [6.07, 6.45) is 0.792. The van der Waals surface area contributed by atoms with Gasteiger partial charge in [-0.25, -0.2) is 0 Å². The maximum Gasteiger partial charge on any atom is 0.309 e. The molecular formula is C10H15NO2S. The highest BCUT2D eigenvalue weighted by molar-refractivity contribution is 7.09. The second kappa shape index (κ2) is 5.78. The molecule has 0 bridgehead atoms. The molecule has 0 radical (unpaired) electrons. The summed E-state index contributed by atoms with van der Waals surface area (Å²) in [4.78, 5) is 12.4. The van der Waals surface area contributed by atoms with Crippen LogP contribution in [0.1, 0.15) is 11.8 Å². The van der Waals surface area contributed by atoms with Crippen molar-refractivity contribution in [1.82, 2.24) is 0 Å². The lowest BCUT2D eigenvalue weighted by molar-refractivity contribution is -0.147. The first kappa shape index (κ1) is 11.2. The maximum atomic E-state index is 11.2. The van der Waals surface area contributed by atoms with Crippen LogP contribution < -0.4 is 5.73 Å². The molecule has 0 saturated heterocycles. The van der Waals surface area contributed by atoms with Gasteiger partial charge in [-0.3, -0.25) is 4.79 Å². The summed E-state index contributed by atoms with van der Waals surface area (Å²) in [5.74, 6) is -0.401. The minimum Gasteiger partial charge on any atom is -0.465 e. The zero-order valence-electron chi connectivity index (χ0n) is 8.23. The number of hydrogen-bond acceptors (Lipinski definition) is 4. The van der Waals surface area contributed by atoms with E-state index in [0.717, 1.165) is 6.42 Å². The minimum atomic E-state index is -0.205. The molecule has 1 atom stereocenters. The summed E-state index contributed by atoms with van der Waals surface area (Å²) in [6, 6.07) is 4.02. The minimum absolute atomic E-state index is 0.196. The number of thiophene rings is 1. The monoisotopic (exact) mass is 213 g/mol. The maximum absolute atomic E-state index is 11.2. The van der Waals surface area contributed by atoms with Gasteiger partial charge < -0.3 is 10.5 Å². The fourth-order valence-electron chi connectivity index (χ4n) is 0.946. The van der Waals surface area contributed by atoms with Crippen molar-refractivity contribution in [3.05, 3.63) is 22.4 Å². The Morgan fingerprint density at radius 2 is 2.50 bits per heavy atom. The SMILES string of the molecule is CC(CN)C(=O)OCCc1cccs1. The Bertz CT molecular complexity index is 272. The summed E-state index contributed by atoms with van der Waals surface area (Å²) >= 11 is 1.67. The van der Waals surface area contributed by atoms with Gasteiger partial charge in [0.1, 0.15) is 0 Å². The van der Waals surface area contributed by atoms with Gasteiger partial charge in [-0.2, -0.15) is 0 Å². The average molecular weight is 213 g/mol. The first-order chi connectivity index (χ1) is 6.74. The summed E-state index contributed by atoms with van der Waals surface area (Å²) in [5, 5.41) is 2.01. The zero-order valence-corrected chi connectivity index (χ0v) is 9.05. The number of carbonyl (C=O) groups is 1. The van der Waals surface area contributed by atoms with E-state index in [1.165, 1.54) is 4.88 Å². The van der Waals surface area contributed by atoms with Crippen molar-refractivity contribution >= 4 is 17.3 Å². The van der Waals surface area contributed by atoms with Crippen molar-refractivity contribution in [3.8, 4) is 0 Å². The van der Waals surface area contributed by atoms with Crippen LogP contribution in [0.25, 0.3) is 0 Å². The largest absolute Gasteiger partial charge is 0.465 e. The predicted octanol–water partition coefficient (Wildman–Crippen LogP) is 1.43. The van der Waals surface area contributed by atoms with E-state index >= 15 is 0 Å². The van der Waals surface area contributed by atoms with Crippen LogP contribution in [0.15, 0.2) is 17.5 Å². The van der Waals surface area contributed by atoms with Crippen LogP contribution in [0.5, 0.6) is 0 Å². The van der Waals surface area contributed by atoms with Gasteiger partial charge in [0.25, 0.3) is 0 Å². The van der Waals surface area contributed by atoms with Crippen LogP contribution in [0.2, 0.25) is 0 Å². The van der Waals surface area contributed by atoms with Gasteiger partial charge in [-0.05, 0) is 11.4 Å². The molecule has 0 saturated carbocycles. The van der Waals surface area contributed by atoms with Crippen LogP contribution in [0.4, 0.5) is 0 Å². The third-order valence-electron chi connectivity index (χ3n) is 1.93. The molecule has 0 aromatic carbocycles. The number of rotatable bonds is 5. The highest BCUT2D eigenvalue weighted by atomic mass is 32.1. The molecule has 14 heavy (non-hydrogen) atoms. The number of nitrogens with two attached hydrogens (primary N) is 1. The lowest BCUT2D eigenvalue weighted by Crippen LogP contribution is -2.23.